The summed E-state index contributed by atoms with van der Waals surface area (Å²) in [7, 11) is 1.45. The average Bonchev–Trinajstić information content (AvgIpc) is 2.52. The van der Waals surface area contributed by atoms with Gasteiger partial charge in [0, 0.05) is 11.5 Å². The number of carbonyl (C=O) groups excluding carboxylic acids is 2. The maximum Gasteiger partial charge on any atom is 0.326 e. The van der Waals surface area contributed by atoms with Gasteiger partial charge in [-0.1, -0.05) is 12.1 Å². The Balaban J connectivity index is 2.33. The van der Waals surface area contributed by atoms with Gasteiger partial charge in [-0.05, 0) is 12.1 Å². The van der Waals surface area contributed by atoms with E-state index in [4.69, 9.17) is 15.6 Å². The predicted molar refractivity (Wildman–Crippen MR) is 81.0 cm³/mol. The molecule has 0 spiro atoms. The molecule has 120 valence electrons. The van der Waals surface area contributed by atoms with Crippen LogP contribution in [0.15, 0.2) is 30.3 Å². The fourth-order valence-corrected chi connectivity index (χ4v) is 2.06. The summed E-state index contributed by atoms with van der Waals surface area (Å²) in [5.41, 5.74) is 5.49. The van der Waals surface area contributed by atoms with Gasteiger partial charge in [-0.2, -0.15) is 0 Å². The summed E-state index contributed by atoms with van der Waals surface area (Å²) in [4.78, 5) is 38.3. The summed E-state index contributed by atoms with van der Waals surface area (Å²) >= 11 is 0. The van der Waals surface area contributed by atoms with E-state index in [2.05, 4.69) is 10.3 Å². The average molecular weight is 317 g/mol. The number of para-hydroxylation sites is 1. The Kier molecular flexibility index (Phi) is 4.75. The largest absolute Gasteiger partial charge is 0.496 e. The number of carboxylic acid groups (broad SMARTS) is 1. The summed E-state index contributed by atoms with van der Waals surface area (Å²) in [6.07, 6.45) is -0.508. The Morgan fingerprint density at radius 3 is 2.65 bits per heavy atom. The van der Waals surface area contributed by atoms with Crippen molar-refractivity contribution in [1.82, 2.24) is 10.3 Å². The van der Waals surface area contributed by atoms with Gasteiger partial charge in [0.25, 0.3) is 5.91 Å². The molecule has 8 nitrogen and oxygen atoms in total. The van der Waals surface area contributed by atoms with Gasteiger partial charge < -0.3 is 20.9 Å². The molecule has 0 aliphatic rings. The number of nitrogens with two attached hydrogens (primary N) is 1. The third-order valence-corrected chi connectivity index (χ3v) is 3.14. The number of pyridine rings is 1. The van der Waals surface area contributed by atoms with Crippen LogP contribution in [-0.4, -0.2) is 41.0 Å². The Morgan fingerprint density at radius 2 is 2.04 bits per heavy atom. The highest BCUT2D eigenvalue weighted by molar-refractivity contribution is 5.99. The first-order chi connectivity index (χ1) is 10.9. The smallest absolute Gasteiger partial charge is 0.326 e. The molecule has 1 atom stereocenters. The Labute approximate surface area is 131 Å². The van der Waals surface area contributed by atoms with Crippen LogP contribution in [0, 0.1) is 0 Å². The molecule has 0 radical (unpaired) electrons. The first kappa shape index (κ1) is 16.2. The number of aromatic nitrogens is 1. The first-order valence-electron chi connectivity index (χ1n) is 6.68. The lowest BCUT2D eigenvalue weighted by molar-refractivity contribution is -0.140. The number of fused-ring (bicyclic) bond motifs is 1. The number of carboxylic acids is 1. The van der Waals surface area contributed by atoms with Gasteiger partial charge in [0.1, 0.15) is 17.5 Å². The number of hydrogen-bond acceptors (Lipinski definition) is 5. The van der Waals surface area contributed by atoms with Gasteiger partial charge in [-0.25, -0.2) is 9.78 Å². The lowest BCUT2D eigenvalue weighted by atomic mass is 10.1. The number of carbonyl (C=O) groups is 3. The van der Waals surface area contributed by atoms with E-state index in [0.717, 1.165) is 5.39 Å². The molecule has 0 aliphatic heterocycles. The lowest BCUT2D eigenvalue weighted by Gasteiger charge is -2.13. The molecular weight excluding hydrogens is 302 g/mol. The summed E-state index contributed by atoms with van der Waals surface area (Å²) in [5, 5.41) is 12.0. The van der Waals surface area contributed by atoms with E-state index < -0.39 is 30.2 Å². The van der Waals surface area contributed by atoms with Crippen molar-refractivity contribution in [3.05, 3.63) is 36.0 Å². The van der Waals surface area contributed by atoms with Crippen molar-refractivity contribution in [2.24, 2.45) is 5.73 Å². The zero-order valence-electron chi connectivity index (χ0n) is 12.3. The van der Waals surface area contributed by atoms with Gasteiger partial charge in [-0.3, -0.25) is 9.59 Å². The van der Waals surface area contributed by atoms with Gasteiger partial charge >= 0.3 is 5.97 Å². The SMILES string of the molecule is COc1cc(C(=O)N[C@@H](CC(N)=O)C(=O)O)nc2ccccc12. The quantitative estimate of drug-likeness (QED) is 0.702. The second-order valence-electron chi connectivity index (χ2n) is 4.76. The van der Waals surface area contributed by atoms with Crippen LogP contribution in [0.5, 0.6) is 5.75 Å². The van der Waals surface area contributed by atoms with Gasteiger partial charge in [-0.15, -0.1) is 0 Å². The second kappa shape index (κ2) is 6.73. The molecule has 2 amide bonds. The molecule has 0 unspecified atom stereocenters. The molecule has 0 bridgehead atoms. The lowest BCUT2D eigenvalue weighted by Crippen LogP contribution is -2.43. The molecule has 0 aliphatic carbocycles. The minimum atomic E-state index is -1.42. The van der Waals surface area contributed by atoms with Crippen LogP contribution in [-0.2, 0) is 9.59 Å². The van der Waals surface area contributed by atoms with E-state index in [0.29, 0.717) is 11.3 Å². The topological polar surface area (TPSA) is 132 Å². The van der Waals surface area contributed by atoms with E-state index >= 15 is 0 Å². The minimum Gasteiger partial charge on any atom is -0.496 e. The van der Waals surface area contributed by atoms with Crippen molar-refractivity contribution in [2.75, 3.05) is 7.11 Å². The van der Waals surface area contributed by atoms with Gasteiger partial charge in [0.2, 0.25) is 5.91 Å². The number of nitrogens with zero attached hydrogens (tertiary/aromatic N) is 1. The summed E-state index contributed by atoms with van der Waals surface area (Å²) in [5.74, 6) is -2.49. The van der Waals surface area contributed by atoms with Crippen LogP contribution in [0.25, 0.3) is 10.9 Å². The highest BCUT2D eigenvalue weighted by Gasteiger charge is 2.24. The van der Waals surface area contributed by atoms with E-state index in [1.54, 1.807) is 24.3 Å². The van der Waals surface area contributed by atoms with Gasteiger partial charge in [0.05, 0.1) is 19.0 Å². The molecule has 2 rings (SSSR count). The van der Waals surface area contributed by atoms with Crippen LogP contribution in [0.1, 0.15) is 16.9 Å². The van der Waals surface area contributed by atoms with Crippen molar-refractivity contribution < 1.29 is 24.2 Å². The van der Waals surface area contributed by atoms with Crippen LogP contribution >= 0.6 is 0 Å². The number of primary amides is 1. The molecular formula is C15H15N3O5. The molecule has 0 saturated carbocycles. The van der Waals surface area contributed by atoms with E-state index in [9.17, 15) is 14.4 Å². The summed E-state index contributed by atoms with van der Waals surface area (Å²) < 4.78 is 5.22. The maximum atomic E-state index is 12.2. The number of benzene rings is 1. The van der Waals surface area contributed by atoms with E-state index in [1.165, 1.54) is 13.2 Å². The molecule has 0 saturated heterocycles. The minimum absolute atomic E-state index is 0.0173. The number of methoxy groups -OCH3 is 1. The summed E-state index contributed by atoms with van der Waals surface area (Å²) in [6, 6.07) is 7.03. The van der Waals surface area contributed by atoms with Crippen molar-refractivity contribution in [3.8, 4) is 5.75 Å². The van der Waals surface area contributed by atoms with Crippen LogP contribution < -0.4 is 15.8 Å². The number of amides is 2. The Morgan fingerprint density at radius 1 is 1.35 bits per heavy atom. The normalized spacial score (nSPS) is 11.7. The van der Waals surface area contributed by atoms with Crippen molar-refractivity contribution in [2.45, 2.75) is 12.5 Å². The number of nitrogens with one attached hydrogen (secondary N) is 1. The number of aliphatic carboxylic acids is 1. The Bertz CT molecular complexity index is 775. The third kappa shape index (κ3) is 3.73. The van der Waals surface area contributed by atoms with Crippen molar-refractivity contribution in [1.29, 1.82) is 0 Å². The molecule has 23 heavy (non-hydrogen) atoms. The van der Waals surface area contributed by atoms with Gasteiger partial charge in [0.15, 0.2) is 0 Å². The number of hydrogen-bond donors (Lipinski definition) is 3. The van der Waals surface area contributed by atoms with E-state index in [-0.39, 0.29) is 5.69 Å². The fourth-order valence-electron chi connectivity index (χ4n) is 2.06. The maximum absolute atomic E-state index is 12.2. The van der Waals surface area contributed by atoms with Crippen LogP contribution in [0.4, 0.5) is 0 Å². The highest BCUT2D eigenvalue weighted by atomic mass is 16.5. The standard InChI is InChI=1S/C15H15N3O5/c1-23-12-6-10(17-9-5-3-2-4-8(9)12)14(20)18-11(15(21)22)7-13(16)19/h2-6,11H,7H2,1H3,(H2,16,19)(H,18,20)(H,21,22)/t11-/m0/s1. The predicted octanol–water partition coefficient (Wildman–Crippen LogP) is 0.302. The highest BCUT2D eigenvalue weighted by Crippen LogP contribution is 2.24. The van der Waals surface area contributed by atoms with E-state index in [1.807, 2.05) is 0 Å². The summed E-state index contributed by atoms with van der Waals surface area (Å²) in [6.45, 7) is 0. The van der Waals surface area contributed by atoms with Crippen LogP contribution in [0.3, 0.4) is 0 Å². The molecule has 2 aromatic rings. The van der Waals surface area contributed by atoms with Crippen molar-refractivity contribution >= 4 is 28.7 Å². The zero-order chi connectivity index (χ0) is 17.0. The number of ether oxygens (including phenoxy) is 1. The third-order valence-electron chi connectivity index (χ3n) is 3.14. The van der Waals surface area contributed by atoms with Crippen molar-refractivity contribution in [3.63, 3.8) is 0 Å². The molecule has 1 heterocycles. The van der Waals surface area contributed by atoms with Crippen LogP contribution in [0.2, 0.25) is 0 Å². The fraction of sp³-hybridized carbons (Fsp3) is 0.200. The first-order valence-corrected chi connectivity index (χ1v) is 6.68. The zero-order valence-corrected chi connectivity index (χ0v) is 12.3. The molecule has 1 aromatic heterocycles. The molecule has 1 aromatic carbocycles. The molecule has 0 fully saturated rings. The monoisotopic (exact) mass is 317 g/mol. The Hall–Kier alpha value is -3.16. The molecule has 8 heteroatoms. The molecule has 4 N–H and O–H groups in total. The number of rotatable bonds is 6. The second-order valence-corrected chi connectivity index (χ2v) is 4.76.